The summed E-state index contributed by atoms with van der Waals surface area (Å²) < 4.78 is 5.66. The van der Waals surface area contributed by atoms with Crippen LogP contribution in [0.1, 0.15) is 24.8 Å². The van der Waals surface area contributed by atoms with Crippen molar-refractivity contribution in [1.82, 2.24) is 0 Å². The molecular weight excluding hydrogens is 236 g/mol. The monoisotopic (exact) mass is 252 g/mol. The maximum absolute atomic E-state index is 10.7. The third-order valence-electron chi connectivity index (χ3n) is 3.24. The lowest BCUT2D eigenvalue weighted by Crippen LogP contribution is -2.41. The summed E-state index contributed by atoms with van der Waals surface area (Å²) in [6, 6.07) is 8.22. The van der Waals surface area contributed by atoms with Crippen molar-refractivity contribution in [3.05, 3.63) is 29.8 Å². The van der Waals surface area contributed by atoms with E-state index in [4.69, 9.17) is 9.84 Å². The predicted molar refractivity (Wildman–Crippen MR) is 67.3 cm³/mol. The minimum absolute atomic E-state index is 0.157. The molecule has 1 saturated heterocycles. The summed E-state index contributed by atoms with van der Waals surface area (Å²) in [7, 11) is 0. The van der Waals surface area contributed by atoms with Crippen LogP contribution in [0.3, 0.4) is 0 Å². The Bertz CT molecular complexity index is 396. The van der Waals surface area contributed by atoms with E-state index in [0.717, 1.165) is 18.6 Å². The number of aliphatic carboxylic acids is 1. The molecule has 1 aromatic rings. The van der Waals surface area contributed by atoms with Gasteiger partial charge in [-0.05, 0) is 30.4 Å². The second kappa shape index (κ2) is 5.10. The second-order valence-corrected chi connectivity index (χ2v) is 5.09. The molecule has 0 amide bonds. The maximum atomic E-state index is 10.7. The van der Waals surface area contributed by atoms with Crippen molar-refractivity contribution >= 4 is 17.7 Å². The summed E-state index contributed by atoms with van der Waals surface area (Å²) >= 11 is 1.70. The van der Waals surface area contributed by atoms with Gasteiger partial charge in [0.1, 0.15) is 0 Å². The summed E-state index contributed by atoms with van der Waals surface area (Å²) in [6.45, 7) is 0.726. The highest BCUT2D eigenvalue weighted by molar-refractivity contribution is 7.98. The summed E-state index contributed by atoms with van der Waals surface area (Å²) in [6.07, 6.45) is 3.67. The van der Waals surface area contributed by atoms with Gasteiger partial charge in [-0.1, -0.05) is 12.1 Å². The van der Waals surface area contributed by atoms with E-state index in [1.807, 2.05) is 18.4 Å². The molecule has 1 aliphatic rings. The van der Waals surface area contributed by atoms with E-state index < -0.39 is 5.97 Å². The number of carboxylic acid groups (broad SMARTS) is 1. The van der Waals surface area contributed by atoms with Gasteiger partial charge in [0.05, 0.1) is 12.2 Å². The van der Waals surface area contributed by atoms with E-state index in [2.05, 4.69) is 12.1 Å². The van der Waals surface area contributed by atoms with Crippen molar-refractivity contribution in [3.63, 3.8) is 0 Å². The number of ether oxygens (including phenoxy) is 1. The van der Waals surface area contributed by atoms with Crippen LogP contribution < -0.4 is 0 Å². The van der Waals surface area contributed by atoms with Gasteiger partial charge in [0.15, 0.2) is 0 Å². The first kappa shape index (κ1) is 12.5. The second-order valence-electron chi connectivity index (χ2n) is 4.21. The van der Waals surface area contributed by atoms with Gasteiger partial charge in [-0.25, -0.2) is 0 Å². The molecule has 0 radical (unpaired) electrons. The first-order chi connectivity index (χ1) is 8.16. The highest BCUT2D eigenvalue weighted by Gasteiger charge is 2.40. The van der Waals surface area contributed by atoms with Crippen molar-refractivity contribution in [1.29, 1.82) is 0 Å². The summed E-state index contributed by atoms with van der Waals surface area (Å²) in [5, 5.41) is 8.77. The van der Waals surface area contributed by atoms with Crippen LogP contribution in [0, 0.1) is 0 Å². The number of hydrogen-bond donors (Lipinski definition) is 1. The quantitative estimate of drug-likeness (QED) is 0.818. The van der Waals surface area contributed by atoms with E-state index in [0.29, 0.717) is 6.42 Å². The molecule has 0 aromatic heterocycles. The Labute approximate surface area is 105 Å². The molecule has 4 heteroatoms. The smallest absolute Gasteiger partial charge is 0.303 e. The molecule has 0 bridgehead atoms. The molecule has 1 aliphatic heterocycles. The standard InChI is InChI=1S/C13H16O3S/c1-17-11-4-2-10(3-5-11)13(8-9-16-13)7-6-12(14)15/h2-5H,6-9H2,1H3,(H,14,15). The molecule has 3 nitrogen and oxygen atoms in total. The molecular formula is C13H16O3S. The highest BCUT2D eigenvalue weighted by Crippen LogP contribution is 2.41. The minimum atomic E-state index is -0.763. The maximum Gasteiger partial charge on any atom is 0.303 e. The predicted octanol–water partition coefficient (Wildman–Crippen LogP) is 2.89. The van der Waals surface area contributed by atoms with Gasteiger partial charge in [-0.2, -0.15) is 0 Å². The number of carboxylic acids is 1. The Morgan fingerprint density at radius 1 is 1.47 bits per heavy atom. The van der Waals surface area contributed by atoms with Crippen LogP contribution >= 0.6 is 11.8 Å². The van der Waals surface area contributed by atoms with Crippen LogP contribution in [0.15, 0.2) is 29.2 Å². The van der Waals surface area contributed by atoms with Crippen LogP contribution in [0.4, 0.5) is 0 Å². The largest absolute Gasteiger partial charge is 0.481 e. The molecule has 1 unspecified atom stereocenters. The highest BCUT2D eigenvalue weighted by atomic mass is 32.2. The molecule has 17 heavy (non-hydrogen) atoms. The Morgan fingerprint density at radius 2 is 2.12 bits per heavy atom. The summed E-state index contributed by atoms with van der Waals surface area (Å²) in [5.74, 6) is -0.763. The van der Waals surface area contributed by atoms with Gasteiger partial charge in [-0.15, -0.1) is 11.8 Å². The van der Waals surface area contributed by atoms with E-state index >= 15 is 0 Å². The number of benzene rings is 1. The summed E-state index contributed by atoms with van der Waals surface area (Å²) in [5.41, 5.74) is 0.748. The number of carbonyl (C=O) groups is 1. The average Bonchev–Trinajstić information content (AvgIpc) is 2.28. The van der Waals surface area contributed by atoms with Crippen LogP contribution in [0.5, 0.6) is 0 Å². The number of rotatable bonds is 5. The third-order valence-corrected chi connectivity index (χ3v) is 3.99. The molecule has 0 aliphatic carbocycles. The van der Waals surface area contributed by atoms with Crippen LogP contribution in [-0.2, 0) is 15.1 Å². The Hall–Kier alpha value is -1.00. The first-order valence-electron chi connectivity index (χ1n) is 5.66. The Balaban J connectivity index is 2.13. The lowest BCUT2D eigenvalue weighted by atomic mass is 9.82. The van der Waals surface area contributed by atoms with Crippen molar-refractivity contribution in [2.24, 2.45) is 0 Å². The molecule has 92 valence electrons. The van der Waals surface area contributed by atoms with Gasteiger partial charge in [0.2, 0.25) is 0 Å². The van der Waals surface area contributed by atoms with Gasteiger partial charge >= 0.3 is 5.97 Å². The van der Waals surface area contributed by atoms with Crippen molar-refractivity contribution in [2.45, 2.75) is 29.8 Å². The molecule has 1 atom stereocenters. The lowest BCUT2D eigenvalue weighted by Gasteiger charge is -2.42. The van der Waals surface area contributed by atoms with Gasteiger partial charge in [-0.3, -0.25) is 4.79 Å². The van der Waals surface area contributed by atoms with E-state index in [9.17, 15) is 4.79 Å². The zero-order valence-corrected chi connectivity index (χ0v) is 10.6. The van der Waals surface area contributed by atoms with Gasteiger partial charge in [0, 0.05) is 17.7 Å². The van der Waals surface area contributed by atoms with Gasteiger partial charge in [0.25, 0.3) is 0 Å². The molecule has 1 heterocycles. The fraction of sp³-hybridized carbons (Fsp3) is 0.462. The topological polar surface area (TPSA) is 46.5 Å². The average molecular weight is 252 g/mol. The van der Waals surface area contributed by atoms with Crippen molar-refractivity contribution in [2.75, 3.05) is 12.9 Å². The fourth-order valence-electron chi connectivity index (χ4n) is 2.12. The van der Waals surface area contributed by atoms with Gasteiger partial charge < -0.3 is 9.84 Å². The SMILES string of the molecule is CSc1ccc(C2(CCC(=O)O)CCO2)cc1. The van der Waals surface area contributed by atoms with E-state index in [1.54, 1.807) is 11.8 Å². The van der Waals surface area contributed by atoms with Crippen LogP contribution in [0.25, 0.3) is 0 Å². The lowest BCUT2D eigenvalue weighted by molar-refractivity contribution is -0.165. The van der Waals surface area contributed by atoms with Crippen molar-refractivity contribution in [3.8, 4) is 0 Å². The third kappa shape index (κ3) is 2.64. The summed E-state index contributed by atoms with van der Waals surface area (Å²) in [4.78, 5) is 11.9. The molecule has 1 N–H and O–H groups in total. The van der Waals surface area contributed by atoms with Crippen molar-refractivity contribution < 1.29 is 14.6 Å². The zero-order valence-electron chi connectivity index (χ0n) is 9.81. The number of thioether (sulfide) groups is 1. The zero-order chi connectivity index (χ0) is 12.3. The van der Waals surface area contributed by atoms with E-state index in [-0.39, 0.29) is 12.0 Å². The molecule has 1 aromatic carbocycles. The normalized spacial score (nSPS) is 23.1. The fourth-order valence-corrected chi connectivity index (χ4v) is 2.53. The number of hydrogen-bond acceptors (Lipinski definition) is 3. The van der Waals surface area contributed by atoms with Crippen LogP contribution in [0.2, 0.25) is 0 Å². The van der Waals surface area contributed by atoms with E-state index in [1.165, 1.54) is 4.90 Å². The molecule has 1 fully saturated rings. The first-order valence-corrected chi connectivity index (χ1v) is 6.89. The molecule has 0 saturated carbocycles. The van der Waals surface area contributed by atoms with Crippen LogP contribution in [-0.4, -0.2) is 23.9 Å². The molecule has 0 spiro atoms. The minimum Gasteiger partial charge on any atom is -0.481 e. The Kier molecular flexibility index (Phi) is 3.74. The molecule has 2 rings (SSSR count). The Morgan fingerprint density at radius 3 is 2.53 bits per heavy atom.